The molecule has 0 amide bonds. The summed E-state index contributed by atoms with van der Waals surface area (Å²) in [5.41, 5.74) is 0. The lowest BCUT2D eigenvalue weighted by Crippen LogP contribution is -2.21. The van der Waals surface area contributed by atoms with Crippen molar-refractivity contribution in [1.29, 1.82) is 0 Å². The second-order valence-corrected chi connectivity index (χ2v) is 3.90. The van der Waals surface area contributed by atoms with E-state index >= 15 is 0 Å². The number of rotatable bonds is 8. The minimum absolute atomic E-state index is 0.318. The van der Waals surface area contributed by atoms with E-state index in [1.165, 1.54) is 19.6 Å². The summed E-state index contributed by atoms with van der Waals surface area (Å²) in [5, 5.41) is 8.73. The van der Waals surface area contributed by atoms with Crippen LogP contribution in [0.25, 0.3) is 0 Å². The van der Waals surface area contributed by atoms with Crippen LogP contribution in [0, 0.1) is 0 Å². The fourth-order valence-electron chi connectivity index (χ4n) is 1.17. The highest BCUT2D eigenvalue weighted by Crippen LogP contribution is 1.89. The van der Waals surface area contributed by atoms with Crippen molar-refractivity contribution in [2.24, 2.45) is 0 Å². The molecule has 0 aliphatic rings. The molecule has 16 heavy (non-hydrogen) atoms. The van der Waals surface area contributed by atoms with E-state index in [0.717, 1.165) is 19.4 Å². The van der Waals surface area contributed by atoms with E-state index in [0.29, 0.717) is 6.61 Å². The van der Waals surface area contributed by atoms with Crippen LogP contribution in [-0.4, -0.2) is 49.0 Å². The van der Waals surface area contributed by atoms with Crippen LogP contribution < -0.4 is 0 Å². The molecule has 0 fully saturated rings. The minimum Gasteiger partial charge on any atom is -0.391 e. The van der Waals surface area contributed by atoms with Crippen LogP contribution in [-0.2, 0) is 4.74 Å². The largest absolute Gasteiger partial charge is 0.391 e. The SMILES string of the molecule is CCCCOCC(C)O.CCN(CC)CC. The van der Waals surface area contributed by atoms with Crippen LogP contribution in [0.5, 0.6) is 0 Å². The summed E-state index contributed by atoms with van der Waals surface area (Å²) < 4.78 is 5.09. The molecule has 0 aliphatic carbocycles. The third-order valence-corrected chi connectivity index (χ3v) is 2.34. The van der Waals surface area contributed by atoms with Crippen molar-refractivity contribution in [1.82, 2.24) is 4.90 Å². The van der Waals surface area contributed by atoms with Crippen molar-refractivity contribution >= 4 is 0 Å². The zero-order chi connectivity index (χ0) is 12.8. The molecule has 0 aromatic rings. The molecular formula is C13H31NO2. The van der Waals surface area contributed by atoms with Gasteiger partial charge in [0.15, 0.2) is 0 Å². The topological polar surface area (TPSA) is 32.7 Å². The first-order valence-corrected chi connectivity index (χ1v) is 6.60. The molecule has 0 heterocycles. The van der Waals surface area contributed by atoms with Crippen molar-refractivity contribution in [2.75, 3.05) is 32.8 Å². The van der Waals surface area contributed by atoms with Gasteiger partial charge in [0.1, 0.15) is 0 Å². The van der Waals surface area contributed by atoms with Gasteiger partial charge in [0.2, 0.25) is 0 Å². The van der Waals surface area contributed by atoms with E-state index in [4.69, 9.17) is 9.84 Å². The molecule has 0 saturated heterocycles. The lowest BCUT2D eigenvalue weighted by atomic mass is 10.4. The second kappa shape index (κ2) is 14.9. The fraction of sp³-hybridized carbons (Fsp3) is 1.00. The van der Waals surface area contributed by atoms with Gasteiger partial charge in [0, 0.05) is 6.61 Å². The molecule has 3 heteroatoms. The summed E-state index contributed by atoms with van der Waals surface area (Å²) >= 11 is 0. The zero-order valence-electron chi connectivity index (χ0n) is 11.8. The first-order chi connectivity index (χ1) is 7.62. The monoisotopic (exact) mass is 233 g/mol. The molecule has 0 radical (unpaired) electrons. The lowest BCUT2D eigenvalue weighted by Gasteiger charge is -2.13. The summed E-state index contributed by atoms with van der Waals surface area (Å²) in [4.78, 5) is 2.38. The van der Waals surface area contributed by atoms with Gasteiger partial charge in [-0.15, -0.1) is 0 Å². The Morgan fingerprint density at radius 1 is 1.06 bits per heavy atom. The summed E-state index contributed by atoms with van der Waals surface area (Å²) in [7, 11) is 0. The lowest BCUT2D eigenvalue weighted by molar-refractivity contribution is 0.0450. The highest BCUT2D eigenvalue weighted by molar-refractivity contribution is 4.43. The molecule has 0 saturated carbocycles. The van der Waals surface area contributed by atoms with E-state index in [1.54, 1.807) is 6.92 Å². The van der Waals surface area contributed by atoms with Crippen LogP contribution in [0.3, 0.4) is 0 Å². The minimum atomic E-state index is -0.318. The van der Waals surface area contributed by atoms with E-state index in [-0.39, 0.29) is 6.10 Å². The molecule has 1 unspecified atom stereocenters. The maximum atomic E-state index is 8.73. The Labute approximate surface area is 102 Å². The quantitative estimate of drug-likeness (QED) is 0.654. The molecule has 3 nitrogen and oxygen atoms in total. The van der Waals surface area contributed by atoms with Gasteiger partial charge in [-0.25, -0.2) is 0 Å². The molecule has 1 N–H and O–H groups in total. The maximum Gasteiger partial charge on any atom is 0.0745 e. The molecule has 0 bridgehead atoms. The number of hydrogen-bond acceptors (Lipinski definition) is 3. The fourth-order valence-corrected chi connectivity index (χ4v) is 1.17. The summed E-state index contributed by atoms with van der Waals surface area (Å²) in [6, 6.07) is 0. The van der Waals surface area contributed by atoms with Crippen LogP contribution in [0.15, 0.2) is 0 Å². The maximum absolute atomic E-state index is 8.73. The Kier molecular flexibility index (Phi) is 17.0. The highest BCUT2D eigenvalue weighted by Gasteiger charge is 1.92. The Hall–Kier alpha value is -0.120. The van der Waals surface area contributed by atoms with Gasteiger partial charge in [-0.05, 0) is 33.0 Å². The van der Waals surface area contributed by atoms with E-state index in [9.17, 15) is 0 Å². The van der Waals surface area contributed by atoms with Crippen LogP contribution in [0.4, 0.5) is 0 Å². The first kappa shape index (κ1) is 18.3. The highest BCUT2D eigenvalue weighted by atomic mass is 16.5. The van der Waals surface area contributed by atoms with Crippen molar-refractivity contribution in [3.63, 3.8) is 0 Å². The zero-order valence-corrected chi connectivity index (χ0v) is 11.8. The number of aliphatic hydroxyl groups excluding tert-OH is 1. The van der Waals surface area contributed by atoms with Gasteiger partial charge in [-0.2, -0.15) is 0 Å². The number of hydrogen-bond donors (Lipinski definition) is 1. The Morgan fingerprint density at radius 3 is 1.81 bits per heavy atom. The third-order valence-electron chi connectivity index (χ3n) is 2.34. The molecule has 0 spiro atoms. The first-order valence-electron chi connectivity index (χ1n) is 6.60. The molecule has 1 atom stereocenters. The van der Waals surface area contributed by atoms with Crippen molar-refractivity contribution in [3.05, 3.63) is 0 Å². The van der Waals surface area contributed by atoms with Gasteiger partial charge >= 0.3 is 0 Å². The van der Waals surface area contributed by atoms with Crippen molar-refractivity contribution in [3.8, 4) is 0 Å². The standard InChI is InChI=1S/C7H16O2.C6H15N/c1-3-4-5-9-6-7(2)8;1-4-7(5-2)6-3/h7-8H,3-6H2,1-2H3;4-6H2,1-3H3. The van der Waals surface area contributed by atoms with Gasteiger partial charge in [-0.1, -0.05) is 34.1 Å². The Bertz CT molecular complexity index is 109. The third kappa shape index (κ3) is 16.3. The van der Waals surface area contributed by atoms with Crippen LogP contribution in [0.1, 0.15) is 47.5 Å². The summed E-state index contributed by atoms with van der Waals surface area (Å²) in [6.45, 7) is 15.2. The summed E-state index contributed by atoms with van der Waals surface area (Å²) in [6.07, 6.45) is 1.92. The number of aliphatic hydroxyl groups is 1. The van der Waals surface area contributed by atoms with Crippen LogP contribution in [0.2, 0.25) is 0 Å². The average molecular weight is 233 g/mol. The van der Waals surface area contributed by atoms with Crippen molar-refractivity contribution in [2.45, 2.75) is 53.6 Å². The molecule has 0 aromatic heterocycles. The van der Waals surface area contributed by atoms with E-state index in [2.05, 4.69) is 32.6 Å². The molecule has 0 rings (SSSR count). The van der Waals surface area contributed by atoms with Gasteiger partial charge in [-0.3, -0.25) is 0 Å². The predicted molar refractivity (Wildman–Crippen MR) is 70.9 cm³/mol. The van der Waals surface area contributed by atoms with E-state index < -0.39 is 0 Å². The smallest absolute Gasteiger partial charge is 0.0745 e. The Balaban J connectivity index is 0. The van der Waals surface area contributed by atoms with Gasteiger partial charge < -0.3 is 14.7 Å². The normalized spacial score (nSPS) is 12.2. The van der Waals surface area contributed by atoms with Gasteiger partial charge in [0.25, 0.3) is 0 Å². The van der Waals surface area contributed by atoms with Crippen LogP contribution >= 0.6 is 0 Å². The number of ether oxygens (including phenoxy) is 1. The second-order valence-electron chi connectivity index (χ2n) is 3.90. The predicted octanol–water partition coefficient (Wildman–Crippen LogP) is 2.53. The number of unbranched alkanes of at least 4 members (excludes halogenated alkanes) is 1. The molecular weight excluding hydrogens is 202 g/mol. The number of nitrogens with zero attached hydrogens (tertiary/aromatic N) is 1. The van der Waals surface area contributed by atoms with Gasteiger partial charge in [0.05, 0.1) is 12.7 Å². The van der Waals surface area contributed by atoms with Crippen molar-refractivity contribution < 1.29 is 9.84 Å². The van der Waals surface area contributed by atoms with E-state index in [1.807, 2.05) is 0 Å². The molecule has 0 aliphatic heterocycles. The average Bonchev–Trinajstić information content (AvgIpc) is 2.28. The molecule has 0 aromatic carbocycles. The summed E-state index contributed by atoms with van der Waals surface area (Å²) in [5.74, 6) is 0. The Morgan fingerprint density at radius 2 is 1.56 bits per heavy atom. The molecule has 100 valence electrons.